The van der Waals surface area contributed by atoms with Gasteiger partial charge in [0.05, 0.1) is 23.9 Å². The van der Waals surface area contributed by atoms with Gasteiger partial charge in [-0.25, -0.2) is 8.42 Å². The summed E-state index contributed by atoms with van der Waals surface area (Å²) in [7, 11) is -3.26. The number of hydrogen-bond donors (Lipinski definition) is 0. The normalized spacial score (nSPS) is 23.2. The van der Waals surface area contributed by atoms with Crippen molar-refractivity contribution < 1.29 is 17.9 Å². The second kappa shape index (κ2) is 6.51. The number of likely N-dealkylation sites (tertiary alicyclic amines) is 1. The molecule has 0 bridgehead atoms. The summed E-state index contributed by atoms with van der Waals surface area (Å²) in [6, 6.07) is 7.07. The Bertz CT molecular complexity index is 625. The lowest BCUT2D eigenvalue weighted by molar-refractivity contribution is -0.187. The third kappa shape index (κ3) is 3.76. The van der Waals surface area contributed by atoms with Crippen molar-refractivity contribution in [3.63, 3.8) is 0 Å². The lowest BCUT2D eigenvalue weighted by Gasteiger charge is -2.40. The Labute approximate surface area is 138 Å². The van der Waals surface area contributed by atoms with Gasteiger partial charge in [-0.05, 0) is 26.0 Å². The number of nitrogens with zero attached hydrogens (tertiary/aromatic N) is 1. The van der Waals surface area contributed by atoms with Crippen molar-refractivity contribution in [3.05, 3.63) is 29.8 Å². The molecule has 2 heterocycles. The van der Waals surface area contributed by atoms with Crippen LogP contribution in [0, 0.1) is 6.92 Å². The summed E-state index contributed by atoms with van der Waals surface area (Å²) < 4.78 is 36.6. The Hall–Kier alpha value is -0.950. The molecule has 23 heavy (non-hydrogen) atoms. The van der Waals surface area contributed by atoms with E-state index < -0.39 is 15.6 Å². The van der Waals surface area contributed by atoms with E-state index in [1.807, 2.05) is 26.0 Å². The molecule has 2 saturated heterocycles. The summed E-state index contributed by atoms with van der Waals surface area (Å²) in [5, 5.41) is 0. The van der Waals surface area contributed by atoms with E-state index in [2.05, 4.69) is 4.90 Å². The van der Waals surface area contributed by atoms with Crippen LogP contribution in [0.15, 0.2) is 29.2 Å². The first-order valence-electron chi connectivity index (χ1n) is 8.22. The quantitative estimate of drug-likeness (QED) is 0.840. The molecule has 0 unspecified atom stereocenters. The molecule has 1 spiro atoms. The van der Waals surface area contributed by atoms with E-state index >= 15 is 0 Å². The summed E-state index contributed by atoms with van der Waals surface area (Å²) >= 11 is 0. The smallest absolute Gasteiger partial charge is 0.179 e. The average molecular weight is 339 g/mol. The van der Waals surface area contributed by atoms with Gasteiger partial charge in [0.15, 0.2) is 15.6 Å². The molecular formula is C17H25NO4S. The molecule has 2 aliphatic heterocycles. The van der Waals surface area contributed by atoms with Gasteiger partial charge in [0.1, 0.15) is 0 Å². The average Bonchev–Trinajstić information content (AvgIpc) is 2.96. The molecule has 3 rings (SSSR count). The number of aryl methyl sites for hydroxylation is 1. The van der Waals surface area contributed by atoms with Gasteiger partial charge >= 0.3 is 0 Å². The largest absolute Gasteiger partial charge is 0.347 e. The van der Waals surface area contributed by atoms with Crippen LogP contribution in [0.4, 0.5) is 0 Å². The summed E-state index contributed by atoms with van der Waals surface area (Å²) in [5.41, 5.74) is 1.06. The maximum atomic E-state index is 12.6. The highest BCUT2D eigenvalue weighted by Crippen LogP contribution is 2.32. The summed E-state index contributed by atoms with van der Waals surface area (Å²) in [5.74, 6) is -0.267. The van der Waals surface area contributed by atoms with E-state index in [1.165, 1.54) is 0 Å². The van der Waals surface area contributed by atoms with Crippen LogP contribution in [0.3, 0.4) is 0 Å². The fourth-order valence-electron chi connectivity index (χ4n) is 3.36. The fourth-order valence-corrected chi connectivity index (χ4v) is 4.95. The molecule has 1 aromatic rings. The van der Waals surface area contributed by atoms with Crippen molar-refractivity contribution in [3.8, 4) is 0 Å². The zero-order chi connectivity index (χ0) is 16.5. The Kier molecular flexibility index (Phi) is 4.78. The highest BCUT2D eigenvalue weighted by atomic mass is 32.2. The van der Waals surface area contributed by atoms with Gasteiger partial charge in [-0.3, -0.25) is 4.90 Å². The molecule has 128 valence electrons. The van der Waals surface area contributed by atoms with E-state index in [0.29, 0.717) is 18.1 Å². The Balaban J connectivity index is 1.60. The number of hydrogen-bond acceptors (Lipinski definition) is 5. The highest BCUT2D eigenvalue weighted by Gasteiger charge is 2.40. The van der Waals surface area contributed by atoms with Crippen LogP contribution in [0.1, 0.15) is 25.3 Å². The van der Waals surface area contributed by atoms with E-state index in [4.69, 9.17) is 9.47 Å². The minimum atomic E-state index is -3.26. The van der Waals surface area contributed by atoms with E-state index in [1.54, 1.807) is 12.1 Å². The standard InChI is InChI=1S/C17H25NO4S/c1-14-3-5-16(6-4-14)23(19,20)13-15(2)18-9-7-17(8-10-18)21-11-12-22-17/h3-6,15H,7-13H2,1-2H3/t15-/m0/s1. The first kappa shape index (κ1) is 16.9. The molecule has 0 aromatic heterocycles. The Morgan fingerprint density at radius 1 is 1.13 bits per heavy atom. The number of ether oxygens (including phenoxy) is 2. The van der Waals surface area contributed by atoms with Gasteiger partial charge in [-0.1, -0.05) is 17.7 Å². The van der Waals surface area contributed by atoms with Crippen molar-refractivity contribution in [1.82, 2.24) is 4.90 Å². The first-order chi connectivity index (χ1) is 10.9. The minimum absolute atomic E-state index is 0.0138. The zero-order valence-corrected chi connectivity index (χ0v) is 14.6. The van der Waals surface area contributed by atoms with Crippen molar-refractivity contribution in [1.29, 1.82) is 0 Å². The highest BCUT2D eigenvalue weighted by molar-refractivity contribution is 7.91. The predicted molar refractivity (Wildman–Crippen MR) is 88.1 cm³/mol. The molecule has 0 radical (unpaired) electrons. The number of sulfone groups is 1. The molecular weight excluding hydrogens is 314 g/mol. The van der Waals surface area contributed by atoms with Crippen molar-refractivity contribution in [2.75, 3.05) is 32.1 Å². The Morgan fingerprint density at radius 3 is 2.26 bits per heavy atom. The van der Waals surface area contributed by atoms with Crippen LogP contribution in [0.25, 0.3) is 0 Å². The SMILES string of the molecule is Cc1ccc(S(=O)(=O)C[C@H](C)N2CCC3(CC2)OCCO3)cc1. The van der Waals surface area contributed by atoms with Crippen LogP contribution in [0.5, 0.6) is 0 Å². The molecule has 1 aromatic carbocycles. The second-order valence-corrected chi connectivity index (χ2v) is 8.62. The lowest BCUT2D eigenvalue weighted by atomic mass is 10.0. The van der Waals surface area contributed by atoms with Crippen molar-refractivity contribution >= 4 is 9.84 Å². The van der Waals surface area contributed by atoms with Crippen LogP contribution in [-0.4, -0.2) is 57.2 Å². The summed E-state index contributed by atoms with van der Waals surface area (Å²) in [4.78, 5) is 2.63. The monoisotopic (exact) mass is 339 g/mol. The summed E-state index contributed by atoms with van der Waals surface area (Å²) in [6.07, 6.45) is 1.61. The Morgan fingerprint density at radius 2 is 1.70 bits per heavy atom. The molecule has 0 N–H and O–H groups in total. The molecule has 2 fully saturated rings. The maximum Gasteiger partial charge on any atom is 0.179 e. The summed E-state index contributed by atoms with van der Waals surface area (Å²) in [6.45, 7) is 6.89. The van der Waals surface area contributed by atoms with E-state index in [9.17, 15) is 8.42 Å². The van der Waals surface area contributed by atoms with Crippen LogP contribution in [0.2, 0.25) is 0 Å². The fraction of sp³-hybridized carbons (Fsp3) is 0.647. The zero-order valence-electron chi connectivity index (χ0n) is 13.8. The van der Waals surface area contributed by atoms with Crippen molar-refractivity contribution in [2.45, 2.75) is 43.4 Å². The number of benzene rings is 1. The second-order valence-electron chi connectivity index (χ2n) is 6.59. The maximum absolute atomic E-state index is 12.6. The van der Waals surface area contributed by atoms with E-state index in [0.717, 1.165) is 31.5 Å². The van der Waals surface area contributed by atoms with Crippen LogP contribution in [-0.2, 0) is 19.3 Å². The molecule has 0 aliphatic carbocycles. The van der Waals surface area contributed by atoms with Crippen LogP contribution >= 0.6 is 0 Å². The third-order valence-electron chi connectivity index (χ3n) is 4.84. The van der Waals surface area contributed by atoms with Crippen LogP contribution < -0.4 is 0 Å². The van der Waals surface area contributed by atoms with Gasteiger partial charge in [0.2, 0.25) is 0 Å². The molecule has 1 atom stereocenters. The number of rotatable bonds is 4. The molecule has 5 nitrogen and oxygen atoms in total. The van der Waals surface area contributed by atoms with Gasteiger partial charge in [0, 0.05) is 32.0 Å². The van der Waals surface area contributed by atoms with Crippen molar-refractivity contribution in [2.24, 2.45) is 0 Å². The van der Waals surface area contributed by atoms with E-state index in [-0.39, 0.29) is 11.8 Å². The molecule has 6 heteroatoms. The first-order valence-corrected chi connectivity index (χ1v) is 9.87. The third-order valence-corrected chi connectivity index (χ3v) is 6.75. The molecule has 0 saturated carbocycles. The lowest BCUT2D eigenvalue weighted by Crippen LogP contribution is -2.49. The number of piperidine rings is 1. The van der Waals surface area contributed by atoms with Gasteiger partial charge < -0.3 is 9.47 Å². The molecule has 2 aliphatic rings. The van der Waals surface area contributed by atoms with Gasteiger partial charge in [-0.2, -0.15) is 0 Å². The van der Waals surface area contributed by atoms with Gasteiger partial charge in [0.25, 0.3) is 0 Å². The molecule has 0 amide bonds. The predicted octanol–water partition coefficient (Wildman–Crippen LogP) is 2.00. The van der Waals surface area contributed by atoms with Gasteiger partial charge in [-0.15, -0.1) is 0 Å². The minimum Gasteiger partial charge on any atom is -0.347 e. The topological polar surface area (TPSA) is 55.8 Å².